The second kappa shape index (κ2) is 7.82. The molecule has 0 aliphatic carbocycles. The Kier molecular flexibility index (Phi) is 5.81. The fourth-order valence-corrected chi connectivity index (χ4v) is 2.59. The first-order valence-electron chi connectivity index (χ1n) is 6.88. The zero-order chi connectivity index (χ0) is 16.8. The number of halogens is 2. The van der Waals surface area contributed by atoms with Gasteiger partial charge in [0.2, 0.25) is 0 Å². The summed E-state index contributed by atoms with van der Waals surface area (Å²) < 4.78 is 37.9. The normalized spacial score (nSPS) is 11.8. The van der Waals surface area contributed by atoms with Crippen molar-refractivity contribution >= 4 is 22.5 Å². The van der Waals surface area contributed by atoms with E-state index in [1.807, 2.05) is 0 Å². The summed E-state index contributed by atoms with van der Waals surface area (Å²) in [6, 6.07) is 9.59. The van der Waals surface area contributed by atoms with Crippen LogP contribution in [0.1, 0.15) is 5.56 Å². The van der Waals surface area contributed by atoms with Gasteiger partial charge in [-0.15, -0.1) is 0 Å². The van der Waals surface area contributed by atoms with Crippen LogP contribution in [0.2, 0.25) is 0 Å². The van der Waals surface area contributed by atoms with E-state index in [0.29, 0.717) is 13.0 Å². The van der Waals surface area contributed by atoms with Crippen molar-refractivity contribution in [1.82, 2.24) is 5.32 Å². The smallest absolute Gasteiger partial charge is 0.319 e. The number of hydrogen-bond donors (Lipinski definition) is 2. The number of hydrogen-bond acceptors (Lipinski definition) is 2. The zero-order valence-corrected chi connectivity index (χ0v) is 13.3. The molecule has 2 rings (SSSR count). The number of amides is 2. The summed E-state index contributed by atoms with van der Waals surface area (Å²) in [7, 11) is -1.42. The Balaban J connectivity index is 1.85. The van der Waals surface area contributed by atoms with E-state index in [-0.39, 0.29) is 16.4 Å². The summed E-state index contributed by atoms with van der Waals surface area (Å²) in [5.41, 5.74) is 1.03. The van der Waals surface area contributed by atoms with E-state index in [4.69, 9.17) is 0 Å². The molecule has 0 aromatic heterocycles. The second-order valence-corrected chi connectivity index (χ2v) is 6.21. The highest BCUT2D eigenvalue weighted by atomic mass is 32.2. The lowest BCUT2D eigenvalue weighted by atomic mass is 10.1. The lowest BCUT2D eigenvalue weighted by Gasteiger charge is -2.09. The number of benzene rings is 2. The standard InChI is InChI=1S/C16H16F2N2O2S/c1-23(22)15-6-5-13(10-14(15)18)20-16(21)19-8-7-11-3-2-4-12(17)9-11/h2-6,9-10H,7-8H2,1H3,(H2,19,20,21). The molecule has 2 aromatic rings. The quantitative estimate of drug-likeness (QED) is 0.880. The summed E-state index contributed by atoms with van der Waals surface area (Å²) in [4.78, 5) is 11.8. The molecule has 7 heteroatoms. The van der Waals surface area contributed by atoms with Crippen LogP contribution in [0.5, 0.6) is 0 Å². The topological polar surface area (TPSA) is 58.2 Å². The van der Waals surface area contributed by atoms with E-state index in [0.717, 1.165) is 11.6 Å². The Morgan fingerprint density at radius 3 is 2.61 bits per heavy atom. The van der Waals surface area contributed by atoms with E-state index in [9.17, 15) is 17.8 Å². The average molecular weight is 338 g/mol. The molecular formula is C16H16F2N2O2S. The van der Waals surface area contributed by atoms with Gasteiger partial charge in [-0.25, -0.2) is 13.6 Å². The first kappa shape index (κ1) is 17.1. The van der Waals surface area contributed by atoms with Crippen molar-refractivity contribution in [3.05, 3.63) is 59.7 Å². The maximum Gasteiger partial charge on any atom is 0.319 e. The predicted octanol–water partition coefficient (Wildman–Crippen LogP) is 3.07. The van der Waals surface area contributed by atoms with Crippen molar-refractivity contribution < 1.29 is 17.8 Å². The van der Waals surface area contributed by atoms with Crippen LogP contribution >= 0.6 is 0 Å². The van der Waals surface area contributed by atoms with Crippen molar-refractivity contribution in [2.75, 3.05) is 18.1 Å². The number of carbonyl (C=O) groups excluding carboxylic acids is 1. The number of carbonyl (C=O) groups is 1. The molecule has 1 unspecified atom stereocenters. The van der Waals surface area contributed by atoms with Gasteiger partial charge in [-0.1, -0.05) is 12.1 Å². The Hall–Kier alpha value is -2.28. The van der Waals surface area contributed by atoms with Crippen LogP contribution in [0.3, 0.4) is 0 Å². The number of anilines is 1. The van der Waals surface area contributed by atoms with E-state index in [1.165, 1.54) is 30.5 Å². The van der Waals surface area contributed by atoms with E-state index in [1.54, 1.807) is 12.1 Å². The van der Waals surface area contributed by atoms with Crippen LogP contribution in [0.25, 0.3) is 0 Å². The van der Waals surface area contributed by atoms with Gasteiger partial charge < -0.3 is 10.6 Å². The Morgan fingerprint density at radius 2 is 1.96 bits per heavy atom. The summed E-state index contributed by atoms with van der Waals surface area (Å²) in [6.07, 6.45) is 1.86. The van der Waals surface area contributed by atoms with Crippen LogP contribution in [0.4, 0.5) is 19.3 Å². The molecule has 0 aliphatic rings. The fourth-order valence-electron chi connectivity index (χ4n) is 2.00. The van der Waals surface area contributed by atoms with Gasteiger partial charge in [-0.2, -0.15) is 0 Å². The van der Waals surface area contributed by atoms with Crippen molar-refractivity contribution in [3.8, 4) is 0 Å². The third kappa shape index (κ3) is 5.14. The van der Waals surface area contributed by atoms with Crippen LogP contribution in [0, 0.1) is 11.6 Å². The Bertz CT molecular complexity index is 738. The van der Waals surface area contributed by atoms with Gasteiger partial charge in [-0.05, 0) is 42.3 Å². The zero-order valence-electron chi connectivity index (χ0n) is 12.4. The van der Waals surface area contributed by atoms with Crippen molar-refractivity contribution in [1.29, 1.82) is 0 Å². The Morgan fingerprint density at radius 1 is 1.17 bits per heavy atom. The van der Waals surface area contributed by atoms with Crippen LogP contribution in [-0.2, 0) is 17.2 Å². The van der Waals surface area contributed by atoms with Crippen molar-refractivity contribution in [2.24, 2.45) is 0 Å². The molecule has 0 spiro atoms. The third-order valence-corrected chi connectivity index (χ3v) is 4.04. The average Bonchev–Trinajstić information content (AvgIpc) is 2.47. The molecule has 23 heavy (non-hydrogen) atoms. The molecule has 2 N–H and O–H groups in total. The number of rotatable bonds is 5. The molecular weight excluding hydrogens is 322 g/mol. The number of nitrogens with one attached hydrogen (secondary N) is 2. The molecule has 2 aromatic carbocycles. The first-order chi connectivity index (χ1) is 11.0. The second-order valence-electron chi connectivity index (χ2n) is 4.86. The van der Waals surface area contributed by atoms with E-state index >= 15 is 0 Å². The lowest BCUT2D eigenvalue weighted by Crippen LogP contribution is -2.30. The molecule has 0 fully saturated rings. The molecule has 0 radical (unpaired) electrons. The highest BCUT2D eigenvalue weighted by molar-refractivity contribution is 7.84. The molecule has 0 heterocycles. The molecule has 0 aliphatic heterocycles. The van der Waals surface area contributed by atoms with Gasteiger partial charge >= 0.3 is 6.03 Å². The summed E-state index contributed by atoms with van der Waals surface area (Å²) in [6.45, 7) is 0.314. The SMILES string of the molecule is CS(=O)c1ccc(NC(=O)NCCc2cccc(F)c2)cc1F. The van der Waals surface area contributed by atoms with E-state index in [2.05, 4.69) is 10.6 Å². The molecule has 0 saturated heterocycles. The van der Waals surface area contributed by atoms with Crippen LogP contribution in [0.15, 0.2) is 47.4 Å². The van der Waals surface area contributed by atoms with Crippen LogP contribution in [-0.4, -0.2) is 23.0 Å². The van der Waals surface area contributed by atoms with Gasteiger partial charge in [0.1, 0.15) is 11.6 Å². The Labute approximate surface area is 135 Å². The monoisotopic (exact) mass is 338 g/mol. The van der Waals surface area contributed by atoms with Crippen molar-refractivity contribution in [3.63, 3.8) is 0 Å². The van der Waals surface area contributed by atoms with Gasteiger partial charge in [0, 0.05) is 18.5 Å². The summed E-state index contributed by atoms with van der Waals surface area (Å²) >= 11 is 0. The molecule has 4 nitrogen and oxygen atoms in total. The fraction of sp³-hybridized carbons (Fsp3) is 0.188. The minimum atomic E-state index is -1.42. The molecule has 2 amide bonds. The maximum atomic E-state index is 13.7. The lowest BCUT2D eigenvalue weighted by molar-refractivity contribution is 0.252. The molecule has 1 atom stereocenters. The number of urea groups is 1. The summed E-state index contributed by atoms with van der Waals surface area (Å²) in [5.74, 6) is -0.959. The predicted molar refractivity (Wildman–Crippen MR) is 85.9 cm³/mol. The minimum Gasteiger partial charge on any atom is -0.338 e. The van der Waals surface area contributed by atoms with E-state index < -0.39 is 22.6 Å². The molecule has 0 bridgehead atoms. The van der Waals surface area contributed by atoms with Gasteiger partial charge in [0.05, 0.1) is 15.7 Å². The minimum absolute atomic E-state index is 0.0852. The largest absolute Gasteiger partial charge is 0.338 e. The first-order valence-corrected chi connectivity index (χ1v) is 8.44. The van der Waals surface area contributed by atoms with Gasteiger partial charge in [-0.3, -0.25) is 4.21 Å². The third-order valence-electron chi connectivity index (χ3n) is 3.09. The molecule has 122 valence electrons. The maximum absolute atomic E-state index is 13.7. The highest BCUT2D eigenvalue weighted by Crippen LogP contribution is 2.16. The van der Waals surface area contributed by atoms with Crippen LogP contribution < -0.4 is 10.6 Å². The van der Waals surface area contributed by atoms with Crippen molar-refractivity contribution in [2.45, 2.75) is 11.3 Å². The van der Waals surface area contributed by atoms with Gasteiger partial charge in [0.15, 0.2) is 0 Å². The van der Waals surface area contributed by atoms with Gasteiger partial charge in [0.25, 0.3) is 0 Å². The summed E-state index contributed by atoms with van der Waals surface area (Å²) in [5, 5.41) is 5.08. The molecule has 0 saturated carbocycles. The highest BCUT2D eigenvalue weighted by Gasteiger charge is 2.08.